The molecule has 1 unspecified atom stereocenters. The van der Waals surface area contributed by atoms with Crippen molar-refractivity contribution < 1.29 is 4.79 Å². The van der Waals surface area contributed by atoms with Crippen LogP contribution in [0.2, 0.25) is 0 Å². The van der Waals surface area contributed by atoms with Crippen LogP contribution in [0.15, 0.2) is 60.7 Å². The third kappa shape index (κ3) is 3.25. The average Bonchev–Trinajstić information content (AvgIpc) is 3.14. The lowest BCUT2D eigenvalue weighted by Crippen LogP contribution is -2.39. The summed E-state index contributed by atoms with van der Waals surface area (Å²) >= 11 is 0. The van der Waals surface area contributed by atoms with E-state index in [4.69, 9.17) is 0 Å². The first-order valence-corrected chi connectivity index (χ1v) is 9.09. The number of piperidine rings is 1. The van der Waals surface area contributed by atoms with E-state index in [0.29, 0.717) is 11.7 Å². The second-order valence-electron chi connectivity index (χ2n) is 6.87. The Morgan fingerprint density at radius 3 is 2.42 bits per heavy atom. The number of nitrogens with zero attached hydrogens (tertiary/aromatic N) is 4. The molecule has 3 aromatic rings. The van der Waals surface area contributed by atoms with Gasteiger partial charge in [-0.25, -0.2) is 9.67 Å². The number of carbonyl (C=O) groups excluding carboxylic acids is 1. The summed E-state index contributed by atoms with van der Waals surface area (Å²) < 4.78 is 1.76. The zero-order valence-corrected chi connectivity index (χ0v) is 14.9. The lowest BCUT2D eigenvalue weighted by atomic mass is 10.0. The number of carbonyl (C=O) groups is 1. The molecule has 5 nitrogen and oxygen atoms in total. The lowest BCUT2D eigenvalue weighted by molar-refractivity contribution is 0.0670. The van der Waals surface area contributed by atoms with Crippen LogP contribution in [0.5, 0.6) is 0 Å². The van der Waals surface area contributed by atoms with E-state index in [2.05, 4.69) is 17.0 Å². The lowest BCUT2D eigenvalue weighted by Gasteiger charge is -2.29. The van der Waals surface area contributed by atoms with Crippen molar-refractivity contribution in [2.24, 2.45) is 5.92 Å². The minimum Gasteiger partial charge on any atom is -0.336 e. The van der Waals surface area contributed by atoms with E-state index in [-0.39, 0.29) is 11.7 Å². The van der Waals surface area contributed by atoms with Crippen molar-refractivity contribution in [1.82, 2.24) is 19.7 Å². The Morgan fingerprint density at radius 1 is 1.04 bits per heavy atom. The van der Waals surface area contributed by atoms with Gasteiger partial charge in [-0.1, -0.05) is 55.5 Å². The first kappa shape index (κ1) is 16.5. The molecule has 4 rings (SSSR count). The van der Waals surface area contributed by atoms with E-state index in [9.17, 15) is 4.79 Å². The smallest absolute Gasteiger partial charge is 0.293 e. The molecular weight excluding hydrogens is 324 g/mol. The maximum atomic E-state index is 13.0. The highest BCUT2D eigenvalue weighted by atomic mass is 16.2. The predicted molar refractivity (Wildman–Crippen MR) is 101 cm³/mol. The van der Waals surface area contributed by atoms with Gasteiger partial charge in [-0.3, -0.25) is 4.79 Å². The van der Waals surface area contributed by atoms with Gasteiger partial charge in [0.25, 0.3) is 5.91 Å². The molecule has 1 atom stereocenters. The maximum Gasteiger partial charge on any atom is 0.293 e. The summed E-state index contributed by atoms with van der Waals surface area (Å²) in [5.74, 6) is 1.40. The first-order chi connectivity index (χ1) is 12.7. The van der Waals surface area contributed by atoms with Crippen LogP contribution in [0.4, 0.5) is 0 Å². The summed E-state index contributed by atoms with van der Waals surface area (Å²) in [6.07, 6.45) is 2.21. The number of likely N-dealkylation sites (tertiary alicyclic amines) is 1. The maximum absolute atomic E-state index is 13.0. The number of hydrogen-bond acceptors (Lipinski definition) is 3. The van der Waals surface area contributed by atoms with Crippen molar-refractivity contribution in [3.05, 3.63) is 66.5 Å². The summed E-state index contributed by atoms with van der Waals surface area (Å²) in [5, 5.41) is 4.57. The fourth-order valence-electron chi connectivity index (χ4n) is 3.44. The minimum absolute atomic E-state index is 0.0802. The van der Waals surface area contributed by atoms with Crippen LogP contribution >= 0.6 is 0 Å². The summed E-state index contributed by atoms with van der Waals surface area (Å²) in [5.41, 5.74) is 1.83. The molecule has 0 saturated carbocycles. The molecule has 1 aromatic heterocycles. The fraction of sp³-hybridized carbons (Fsp3) is 0.286. The van der Waals surface area contributed by atoms with E-state index in [0.717, 1.165) is 30.8 Å². The van der Waals surface area contributed by atoms with E-state index in [1.54, 1.807) is 4.68 Å². The van der Waals surface area contributed by atoms with E-state index in [1.165, 1.54) is 6.42 Å². The molecule has 0 radical (unpaired) electrons. The summed E-state index contributed by atoms with van der Waals surface area (Å²) in [6.45, 7) is 3.74. The Labute approximate surface area is 153 Å². The molecule has 2 heterocycles. The minimum atomic E-state index is -0.0802. The van der Waals surface area contributed by atoms with Gasteiger partial charge in [0.15, 0.2) is 5.82 Å². The Morgan fingerprint density at radius 2 is 1.73 bits per heavy atom. The third-order valence-electron chi connectivity index (χ3n) is 4.78. The second kappa shape index (κ2) is 7.12. The molecule has 5 heteroatoms. The van der Waals surface area contributed by atoms with E-state index in [1.807, 2.05) is 65.6 Å². The summed E-state index contributed by atoms with van der Waals surface area (Å²) in [6, 6.07) is 19.7. The third-order valence-corrected chi connectivity index (χ3v) is 4.78. The standard InChI is InChI=1S/C21H22N4O/c1-16-9-8-14-24(15-16)21(26)19-22-20(17-10-4-2-5-11-17)25(23-19)18-12-6-3-7-13-18/h2-7,10-13,16H,8-9,14-15H2,1H3. The highest BCUT2D eigenvalue weighted by Gasteiger charge is 2.26. The van der Waals surface area contributed by atoms with Gasteiger partial charge >= 0.3 is 0 Å². The topological polar surface area (TPSA) is 51.0 Å². The van der Waals surface area contributed by atoms with Crippen LogP contribution in [0.1, 0.15) is 30.4 Å². The largest absolute Gasteiger partial charge is 0.336 e. The first-order valence-electron chi connectivity index (χ1n) is 9.09. The molecule has 0 bridgehead atoms. The fourth-order valence-corrected chi connectivity index (χ4v) is 3.44. The van der Waals surface area contributed by atoms with Crippen LogP contribution in [0.3, 0.4) is 0 Å². The van der Waals surface area contributed by atoms with Gasteiger partial charge < -0.3 is 4.90 Å². The Hall–Kier alpha value is -2.95. The normalized spacial score (nSPS) is 17.3. The highest BCUT2D eigenvalue weighted by molar-refractivity contribution is 5.91. The van der Waals surface area contributed by atoms with E-state index < -0.39 is 0 Å². The summed E-state index contributed by atoms with van der Waals surface area (Å²) in [7, 11) is 0. The quantitative estimate of drug-likeness (QED) is 0.725. The molecule has 0 spiro atoms. The van der Waals surface area contributed by atoms with Crippen LogP contribution in [0, 0.1) is 5.92 Å². The van der Waals surface area contributed by atoms with Crippen molar-refractivity contribution in [3.63, 3.8) is 0 Å². The SMILES string of the molecule is CC1CCCN(C(=O)c2nc(-c3ccccc3)n(-c3ccccc3)n2)C1. The van der Waals surface area contributed by atoms with Gasteiger partial charge in [0, 0.05) is 18.7 Å². The monoisotopic (exact) mass is 346 g/mol. The molecule has 1 saturated heterocycles. The predicted octanol–water partition coefficient (Wildman–Crippen LogP) is 3.81. The zero-order chi connectivity index (χ0) is 17.9. The zero-order valence-electron chi connectivity index (χ0n) is 14.9. The number of hydrogen-bond donors (Lipinski definition) is 0. The Bertz CT molecular complexity index is 832. The number of aromatic nitrogens is 3. The molecule has 2 aromatic carbocycles. The molecule has 0 aliphatic carbocycles. The van der Waals surface area contributed by atoms with Crippen molar-refractivity contribution in [2.75, 3.05) is 13.1 Å². The van der Waals surface area contributed by atoms with Gasteiger partial charge in [-0.15, -0.1) is 5.10 Å². The highest BCUT2D eigenvalue weighted by Crippen LogP contribution is 2.23. The van der Waals surface area contributed by atoms with Crippen molar-refractivity contribution in [1.29, 1.82) is 0 Å². The van der Waals surface area contributed by atoms with Crippen LogP contribution in [0.25, 0.3) is 17.1 Å². The molecule has 1 amide bonds. The van der Waals surface area contributed by atoms with E-state index >= 15 is 0 Å². The molecular formula is C21H22N4O. The Kier molecular flexibility index (Phi) is 4.52. The molecule has 0 N–H and O–H groups in total. The Balaban J connectivity index is 1.75. The second-order valence-corrected chi connectivity index (χ2v) is 6.87. The molecule has 1 aliphatic rings. The van der Waals surface area contributed by atoms with Gasteiger partial charge in [-0.2, -0.15) is 0 Å². The van der Waals surface area contributed by atoms with Crippen molar-refractivity contribution in [2.45, 2.75) is 19.8 Å². The summed E-state index contributed by atoms with van der Waals surface area (Å²) in [4.78, 5) is 19.5. The number of rotatable bonds is 3. The van der Waals surface area contributed by atoms with Gasteiger partial charge in [-0.05, 0) is 30.9 Å². The van der Waals surface area contributed by atoms with Crippen molar-refractivity contribution in [3.8, 4) is 17.1 Å². The van der Waals surface area contributed by atoms with Crippen LogP contribution in [-0.4, -0.2) is 38.7 Å². The molecule has 26 heavy (non-hydrogen) atoms. The van der Waals surface area contributed by atoms with Crippen molar-refractivity contribution >= 4 is 5.91 Å². The molecule has 132 valence electrons. The van der Waals surface area contributed by atoms with Gasteiger partial charge in [0.05, 0.1) is 5.69 Å². The number of benzene rings is 2. The molecule has 1 aliphatic heterocycles. The van der Waals surface area contributed by atoms with Crippen LogP contribution in [-0.2, 0) is 0 Å². The molecule has 1 fully saturated rings. The van der Waals surface area contributed by atoms with Gasteiger partial charge in [0.2, 0.25) is 5.82 Å². The van der Waals surface area contributed by atoms with Crippen LogP contribution < -0.4 is 0 Å². The number of para-hydroxylation sites is 1. The average molecular weight is 346 g/mol. The number of amides is 1. The van der Waals surface area contributed by atoms with Gasteiger partial charge in [0.1, 0.15) is 0 Å².